The number of aromatic amines is 1. The zero-order chi connectivity index (χ0) is 9.97. The van der Waals surface area contributed by atoms with Gasteiger partial charge in [0.15, 0.2) is 3.95 Å². The summed E-state index contributed by atoms with van der Waals surface area (Å²) in [4.78, 5) is 0. The van der Waals surface area contributed by atoms with E-state index >= 15 is 0 Å². The Kier molecular flexibility index (Phi) is 2.69. The lowest BCUT2D eigenvalue weighted by molar-refractivity contribution is 0.626. The summed E-state index contributed by atoms with van der Waals surface area (Å²) in [6, 6.07) is 6.49. The van der Waals surface area contributed by atoms with Gasteiger partial charge in [0.2, 0.25) is 0 Å². The quantitative estimate of drug-likeness (QED) is 0.798. The van der Waals surface area contributed by atoms with E-state index in [9.17, 15) is 4.39 Å². The Morgan fingerprint density at radius 3 is 3.00 bits per heavy atom. The van der Waals surface area contributed by atoms with Crippen molar-refractivity contribution < 1.29 is 4.39 Å². The number of aromatic nitrogens is 2. The smallest absolute Gasteiger partial charge is 0.176 e. The van der Waals surface area contributed by atoms with Crippen LogP contribution in [-0.2, 0) is 6.42 Å². The number of hydrogen-bond donors (Lipinski definition) is 1. The molecule has 0 amide bonds. The Hall–Kier alpha value is -1.07. The second-order valence-corrected chi connectivity index (χ2v) is 4.56. The van der Waals surface area contributed by atoms with E-state index in [0.717, 1.165) is 10.6 Å². The monoisotopic (exact) mass is 226 g/mol. The van der Waals surface area contributed by atoms with E-state index in [4.69, 9.17) is 12.2 Å². The molecule has 1 aromatic heterocycles. The largest absolute Gasteiger partial charge is 0.258 e. The van der Waals surface area contributed by atoms with E-state index in [1.165, 1.54) is 23.5 Å². The highest BCUT2D eigenvalue weighted by molar-refractivity contribution is 7.73. The number of nitrogens with zero attached hydrogens (tertiary/aromatic N) is 1. The van der Waals surface area contributed by atoms with Gasteiger partial charge in [0.05, 0.1) is 0 Å². The molecule has 0 radical (unpaired) electrons. The van der Waals surface area contributed by atoms with Crippen molar-refractivity contribution >= 4 is 23.6 Å². The summed E-state index contributed by atoms with van der Waals surface area (Å²) < 4.78 is 13.5. The molecule has 2 rings (SSSR count). The van der Waals surface area contributed by atoms with Gasteiger partial charge in [-0.3, -0.25) is 5.10 Å². The van der Waals surface area contributed by atoms with Crippen LogP contribution in [0.1, 0.15) is 10.6 Å². The SMILES string of the molecule is Fc1cccc(Cc2n[nH]c(=S)s2)c1. The number of benzene rings is 1. The number of H-pyrrole nitrogens is 1. The zero-order valence-electron chi connectivity index (χ0n) is 7.16. The van der Waals surface area contributed by atoms with Gasteiger partial charge in [-0.05, 0) is 29.9 Å². The molecule has 0 saturated carbocycles. The summed E-state index contributed by atoms with van der Waals surface area (Å²) >= 11 is 6.32. The summed E-state index contributed by atoms with van der Waals surface area (Å²) in [7, 11) is 0. The predicted molar refractivity (Wildman–Crippen MR) is 56.5 cm³/mol. The molecule has 0 unspecified atom stereocenters. The van der Waals surface area contributed by atoms with Crippen molar-refractivity contribution in [1.29, 1.82) is 0 Å². The maximum atomic E-state index is 12.8. The Bertz CT molecular complexity index is 489. The van der Waals surface area contributed by atoms with Crippen molar-refractivity contribution in [2.75, 3.05) is 0 Å². The molecule has 1 heterocycles. The third-order valence-corrected chi connectivity index (χ3v) is 2.82. The minimum absolute atomic E-state index is 0.221. The van der Waals surface area contributed by atoms with Gasteiger partial charge in [-0.2, -0.15) is 5.10 Å². The highest BCUT2D eigenvalue weighted by Crippen LogP contribution is 2.12. The summed E-state index contributed by atoms with van der Waals surface area (Å²) in [5.41, 5.74) is 0.905. The van der Waals surface area contributed by atoms with Crippen LogP contribution >= 0.6 is 23.6 Å². The van der Waals surface area contributed by atoms with E-state index < -0.39 is 0 Å². The maximum Gasteiger partial charge on any atom is 0.176 e. The van der Waals surface area contributed by atoms with Crippen LogP contribution in [0.4, 0.5) is 4.39 Å². The molecule has 0 atom stereocenters. The van der Waals surface area contributed by atoms with Crippen LogP contribution in [0.3, 0.4) is 0 Å². The average Bonchev–Trinajstić information content (AvgIpc) is 2.51. The normalized spacial score (nSPS) is 10.4. The van der Waals surface area contributed by atoms with Crippen LogP contribution < -0.4 is 0 Å². The predicted octanol–water partition coefficient (Wildman–Crippen LogP) is 2.93. The van der Waals surface area contributed by atoms with Crippen molar-refractivity contribution in [2.45, 2.75) is 6.42 Å². The van der Waals surface area contributed by atoms with E-state index in [1.54, 1.807) is 6.07 Å². The van der Waals surface area contributed by atoms with Gasteiger partial charge >= 0.3 is 0 Å². The third-order valence-electron chi connectivity index (χ3n) is 1.73. The molecule has 0 spiro atoms. The molecule has 0 aliphatic heterocycles. The summed E-state index contributed by atoms with van der Waals surface area (Å²) in [5.74, 6) is -0.221. The number of halogens is 1. The first kappa shape index (κ1) is 9.48. The van der Waals surface area contributed by atoms with E-state index in [0.29, 0.717) is 10.4 Å². The van der Waals surface area contributed by atoms with Crippen molar-refractivity contribution in [3.05, 3.63) is 44.6 Å². The number of hydrogen-bond acceptors (Lipinski definition) is 3. The molecule has 2 aromatic rings. The van der Waals surface area contributed by atoms with Gasteiger partial charge in [0.1, 0.15) is 10.8 Å². The Balaban J connectivity index is 2.22. The molecule has 0 saturated heterocycles. The van der Waals surface area contributed by atoms with Crippen LogP contribution in [0.5, 0.6) is 0 Å². The summed E-state index contributed by atoms with van der Waals surface area (Å²) in [5, 5.41) is 7.58. The third kappa shape index (κ3) is 2.24. The molecular weight excluding hydrogens is 219 g/mol. The van der Waals surface area contributed by atoms with Crippen molar-refractivity contribution in [2.24, 2.45) is 0 Å². The Labute approximate surface area is 89.4 Å². The fourth-order valence-electron chi connectivity index (χ4n) is 1.16. The molecule has 5 heteroatoms. The van der Waals surface area contributed by atoms with Crippen LogP contribution in [-0.4, -0.2) is 10.2 Å². The lowest BCUT2D eigenvalue weighted by Crippen LogP contribution is -1.88. The van der Waals surface area contributed by atoms with Gasteiger partial charge in [-0.1, -0.05) is 23.5 Å². The molecular formula is C9H7FN2S2. The highest BCUT2D eigenvalue weighted by atomic mass is 32.1. The van der Waals surface area contributed by atoms with Crippen molar-refractivity contribution in [3.63, 3.8) is 0 Å². The summed E-state index contributed by atoms with van der Waals surface area (Å²) in [6.07, 6.45) is 0.621. The molecule has 1 aromatic carbocycles. The fourth-order valence-corrected chi connectivity index (χ4v) is 2.13. The molecule has 14 heavy (non-hydrogen) atoms. The van der Waals surface area contributed by atoms with Crippen molar-refractivity contribution in [3.8, 4) is 0 Å². The van der Waals surface area contributed by atoms with Crippen molar-refractivity contribution in [1.82, 2.24) is 10.2 Å². The van der Waals surface area contributed by atoms with E-state index in [-0.39, 0.29) is 5.82 Å². The summed E-state index contributed by atoms with van der Waals surface area (Å²) in [6.45, 7) is 0. The zero-order valence-corrected chi connectivity index (χ0v) is 8.79. The maximum absolute atomic E-state index is 12.8. The first-order valence-electron chi connectivity index (χ1n) is 4.03. The van der Waals surface area contributed by atoms with Crippen LogP contribution in [0.2, 0.25) is 0 Å². The van der Waals surface area contributed by atoms with Crippen LogP contribution in [0, 0.1) is 9.77 Å². The van der Waals surface area contributed by atoms with E-state index in [2.05, 4.69) is 10.2 Å². The van der Waals surface area contributed by atoms with Gasteiger partial charge in [0.25, 0.3) is 0 Å². The Morgan fingerprint density at radius 2 is 2.36 bits per heavy atom. The second-order valence-electron chi connectivity index (χ2n) is 2.81. The molecule has 72 valence electrons. The second kappa shape index (κ2) is 3.98. The van der Waals surface area contributed by atoms with Crippen LogP contribution in [0.15, 0.2) is 24.3 Å². The number of nitrogens with one attached hydrogen (secondary N) is 1. The molecule has 1 N–H and O–H groups in total. The van der Waals surface area contributed by atoms with Crippen LogP contribution in [0.25, 0.3) is 0 Å². The molecule has 0 aliphatic rings. The molecule has 0 fully saturated rings. The minimum Gasteiger partial charge on any atom is -0.258 e. The topological polar surface area (TPSA) is 28.7 Å². The standard InChI is InChI=1S/C9H7FN2S2/c10-7-3-1-2-6(4-7)5-8-11-12-9(13)14-8/h1-4H,5H2,(H,12,13). The fraction of sp³-hybridized carbons (Fsp3) is 0.111. The first-order valence-corrected chi connectivity index (χ1v) is 5.25. The van der Waals surface area contributed by atoms with Gasteiger partial charge < -0.3 is 0 Å². The highest BCUT2D eigenvalue weighted by Gasteiger charge is 2.00. The minimum atomic E-state index is -0.221. The van der Waals surface area contributed by atoms with Gasteiger partial charge in [0, 0.05) is 6.42 Å². The van der Waals surface area contributed by atoms with E-state index in [1.807, 2.05) is 6.07 Å². The molecule has 2 nitrogen and oxygen atoms in total. The molecule has 0 aliphatic carbocycles. The van der Waals surface area contributed by atoms with Gasteiger partial charge in [-0.15, -0.1) is 0 Å². The van der Waals surface area contributed by atoms with Gasteiger partial charge in [-0.25, -0.2) is 4.39 Å². The lowest BCUT2D eigenvalue weighted by Gasteiger charge is -1.96. The first-order chi connectivity index (χ1) is 6.74. The molecule has 0 bridgehead atoms. The number of rotatable bonds is 2. The lowest BCUT2D eigenvalue weighted by atomic mass is 10.1. The Morgan fingerprint density at radius 1 is 1.50 bits per heavy atom. The average molecular weight is 226 g/mol.